The average Bonchev–Trinajstić information content (AvgIpc) is 3.01. The summed E-state index contributed by atoms with van der Waals surface area (Å²) < 4.78 is 2.42. The smallest absolute Gasteiger partial charge is 0.163 e. The molecule has 3 aromatic rings. The highest BCUT2D eigenvalue weighted by Gasteiger charge is 2.48. The Morgan fingerprint density at radius 3 is 2.33 bits per heavy atom. The van der Waals surface area contributed by atoms with Crippen LogP contribution in [0.15, 0.2) is 60.1 Å². The zero-order valence-corrected chi connectivity index (χ0v) is 15.6. The van der Waals surface area contributed by atoms with Gasteiger partial charge in [-0.1, -0.05) is 92.8 Å². The summed E-state index contributed by atoms with van der Waals surface area (Å²) >= 11 is 1.90. The van der Waals surface area contributed by atoms with Crippen LogP contribution in [0.1, 0.15) is 38.1 Å². The first kappa shape index (κ1) is 15.7. The Morgan fingerprint density at radius 2 is 1.62 bits per heavy atom. The highest BCUT2D eigenvalue weighted by atomic mass is 32.1. The van der Waals surface area contributed by atoms with Crippen molar-refractivity contribution in [2.24, 2.45) is 0 Å². The molecule has 0 saturated carbocycles. The van der Waals surface area contributed by atoms with Crippen LogP contribution < -0.4 is 15.6 Å². The number of rotatable bonds is 2. The minimum absolute atomic E-state index is 0.0576. The van der Waals surface area contributed by atoms with Crippen LogP contribution in [-0.4, -0.2) is 6.71 Å². The Hall–Kier alpha value is -1.87. The zero-order chi connectivity index (χ0) is 16.9. The lowest BCUT2D eigenvalue weighted by molar-refractivity contribution is -0.572. The summed E-state index contributed by atoms with van der Waals surface area (Å²) in [5.41, 5.74) is 8.07. The number of fused-ring (bicyclic) bond motifs is 2. The van der Waals surface area contributed by atoms with Gasteiger partial charge in [-0.2, -0.15) is 4.57 Å². The lowest BCUT2D eigenvalue weighted by Gasteiger charge is -2.34. The molecule has 1 nitrogen and oxygen atoms in total. The monoisotopic (exact) mass is 332 g/mol. The van der Waals surface area contributed by atoms with Gasteiger partial charge in [-0.15, -0.1) is 0 Å². The number of para-hydroxylation sites is 1. The van der Waals surface area contributed by atoms with E-state index in [4.69, 9.17) is 0 Å². The molecule has 0 atom stereocenters. The number of hydrogen-bond acceptors (Lipinski definition) is 1. The van der Waals surface area contributed by atoms with Gasteiger partial charge in [0, 0.05) is 17.5 Å². The lowest BCUT2D eigenvalue weighted by Crippen LogP contribution is -2.65. The Kier molecular flexibility index (Phi) is 3.65. The molecule has 0 unspecified atom stereocenters. The van der Waals surface area contributed by atoms with E-state index in [1.54, 1.807) is 0 Å². The third-order valence-corrected chi connectivity index (χ3v) is 6.57. The van der Waals surface area contributed by atoms with Crippen LogP contribution in [0.4, 0.5) is 0 Å². The van der Waals surface area contributed by atoms with Crippen LogP contribution >= 0.6 is 11.3 Å². The minimum Gasteiger partial charge on any atom is -0.163 e. The van der Waals surface area contributed by atoms with E-state index in [9.17, 15) is 0 Å². The van der Waals surface area contributed by atoms with Gasteiger partial charge in [0.1, 0.15) is 0 Å². The molecule has 120 valence electrons. The Balaban J connectivity index is 2.02. The second-order valence-corrected chi connectivity index (χ2v) is 8.43. The van der Waals surface area contributed by atoms with Crippen LogP contribution in [-0.2, 0) is 5.41 Å². The normalized spacial score (nSPS) is 15.3. The lowest BCUT2D eigenvalue weighted by atomic mass is 9.32. The molecule has 0 aliphatic carbocycles. The number of aromatic nitrogens is 1. The molecule has 0 saturated heterocycles. The minimum atomic E-state index is 0.0576. The number of hydrogen-bond donors (Lipinski definition) is 0. The maximum absolute atomic E-state index is 2.42. The van der Waals surface area contributed by atoms with E-state index >= 15 is 0 Å². The largest absolute Gasteiger partial charge is 0.298 e. The summed E-state index contributed by atoms with van der Waals surface area (Å²) in [7, 11) is 0. The highest BCUT2D eigenvalue weighted by Crippen LogP contribution is 2.36. The Bertz CT molecular complexity index is 880. The molecule has 0 bridgehead atoms. The van der Waals surface area contributed by atoms with E-state index in [1.807, 2.05) is 11.3 Å². The maximum Gasteiger partial charge on any atom is 0.298 e. The third-order valence-electron chi connectivity index (χ3n) is 5.30. The van der Waals surface area contributed by atoms with Crippen LogP contribution in [0.3, 0.4) is 0 Å². The number of thiazole rings is 1. The van der Waals surface area contributed by atoms with Crippen LogP contribution in [0, 0.1) is 0 Å². The average molecular weight is 332 g/mol. The summed E-state index contributed by atoms with van der Waals surface area (Å²) in [6, 6.07) is 19.8. The molecule has 0 amide bonds. The zero-order valence-electron chi connectivity index (χ0n) is 14.8. The summed E-state index contributed by atoms with van der Waals surface area (Å²) in [5, 5.41) is 0. The molecule has 1 aliphatic rings. The van der Waals surface area contributed by atoms with Crippen molar-refractivity contribution in [1.29, 1.82) is 0 Å². The van der Waals surface area contributed by atoms with Crippen LogP contribution in [0.5, 0.6) is 0 Å². The molecular formula is C21H23BNS+. The second kappa shape index (κ2) is 5.59. The standard InChI is InChI=1S/C21H23BNS/c1-15(2)22-18-13-9-8-12-17(18)21(3,4)19-20(22)23(14-24-19)16-10-6-5-7-11-16/h5-15H,1-4H3/q+1. The first-order valence-electron chi connectivity index (χ1n) is 8.70. The fourth-order valence-electron chi connectivity index (χ4n) is 4.16. The van der Waals surface area contributed by atoms with Gasteiger partial charge in [0.2, 0.25) is 11.2 Å². The van der Waals surface area contributed by atoms with Gasteiger partial charge < -0.3 is 0 Å². The second-order valence-electron chi connectivity index (χ2n) is 7.58. The van der Waals surface area contributed by atoms with Gasteiger partial charge in [-0.05, 0) is 5.56 Å². The molecule has 1 aromatic heterocycles. The molecule has 0 fully saturated rings. The summed E-state index contributed by atoms with van der Waals surface area (Å²) in [6.45, 7) is 9.86. The Morgan fingerprint density at radius 1 is 0.958 bits per heavy atom. The molecule has 0 spiro atoms. The molecule has 2 heterocycles. The van der Waals surface area contributed by atoms with Crippen molar-refractivity contribution in [3.63, 3.8) is 0 Å². The first-order chi connectivity index (χ1) is 11.5. The van der Waals surface area contributed by atoms with Gasteiger partial charge in [0.15, 0.2) is 5.59 Å². The molecule has 3 heteroatoms. The quantitative estimate of drug-likeness (QED) is 0.498. The van der Waals surface area contributed by atoms with E-state index in [0.717, 1.165) is 0 Å². The molecule has 4 rings (SSSR count). The van der Waals surface area contributed by atoms with Gasteiger partial charge in [0.25, 0.3) is 6.71 Å². The fraction of sp³-hybridized carbons (Fsp3) is 0.286. The van der Waals surface area contributed by atoms with Crippen molar-refractivity contribution in [3.8, 4) is 5.69 Å². The topological polar surface area (TPSA) is 3.88 Å². The van der Waals surface area contributed by atoms with Crippen molar-refractivity contribution in [2.45, 2.75) is 38.9 Å². The van der Waals surface area contributed by atoms with E-state index in [-0.39, 0.29) is 5.41 Å². The van der Waals surface area contributed by atoms with Gasteiger partial charge in [-0.3, -0.25) is 0 Å². The SMILES string of the molecule is CC(C)B1c2ccccc2C(C)(C)c2sc[n+](-c3ccccc3)c21. The third kappa shape index (κ3) is 2.18. The van der Waals surface area contributed by atoms with Crippen molar-refractivity contribution in [2.75, 3.05) is 0 Å². The summed E-state index contributed by atoms with van der Waals surface area (Å²) in [5.74, 6) is 0.561. The van der Waals surface area contributed by atoms with Gasteiger partial charge in [-0.25, -0.2) is 0 Å². The number of nitrogens with zero attached hydrogens (tertiary/aromatic N) is 1. The molecule has 0 radical (unpaired) electrons. The predicted octanol–water partition coefficient (Wildman–Crippen LogP) is 3.68. The summed E-state index contributed by atoms with van der Waals surface area (Å²) in [6.07, 6.45) is 0. The van der Waals surface area contributed by atoms with Crippen LogP contribution in [0.25, 0.3) is 5.69 Å². The van der Waals surface area contributed by atoms with E-state index in [0.29, 0.717) is 12.5 Å². The summed E-state index contributed by atoms with van der Waals surface area (Å²) in [4.78, 5) is 1.50. The van der Waals surface area contributed by atoms with Gasteiger partial charge >= 0.3 is 0 Å². The molecular weight excluding hydrogens is 309 g/mol. The van der Waals surface area contributed by atoms with Gasteiger partial charge in [0.05, 0.1) is 4.88 Å². The predicted molar refractivity (Wildman–Crippen MR) is 105 cm³/mol. The van der Waals surface area contributed by atoms with E-state index < -0.39 is 0 Å². The van der Waals surface area contributed by atoms with E-state index in [2.05, 4.69) is 92.4 Å². The first-order valence-corrected chi connectivity index (χ1v) is 9.58. The van der Waals surface area contributed by atoms with Crippen molar-refractivity contribution >= 4 is 29.1 Å². The highest BCUT2D eigenvalue weighted by molar-refractivity contribution is 7.11. The van der Waals surface area contributed by atoms with Crippen molar-refractivity contribution in [1.82, 2.24) is 0 Å². The van der Waals surface area contributed by atoms with E-state index in [1.165, 1.54) is 27.2 Å². The van der Waals surface area contributed by atoms with Crippen LogP contribution in [0.2, 0.25) is 5.82 Å². The molecule has 24 heavy (non-hydrogen) atoms. The molecule has 1 aliphatic heterocycles. The molecule has 2 aromatic carbocycles. The number of benzene rings is 2. The van der Waals surface area contributed by atoms with Crippen molar-refractivity contribution in [3.05, 3.63) is 70.5 Å². The van der Waals surface area contributed by atoms with Crippen molar-refractivity contribution < 1.29 is 4.57 Å². The molecule has 0 N–H and O–H groups in total. The Labute approximate surface area is 149 Å². The fourth-order valence-corrected chi connectivity index (χ4v) is 5.36. The maximum atomic E-state index is 2.42.